The molecule has 0 fully saturated rings. The number of benzene rings is 2. The molecule has 0 atom stereocenters. The van der Waals surface area contributed by atoms with Crippen LogP contribution in [0.1, 0.15) is 16.8 Å². The number of nitrogens with one attached hydrogen (secondary N) is 1. The molecular weight excluding hydrogens is 392 g/mol. The van der Waals surface area contributed by atoms with Gasteiger partial charge in [0.2, 0.25) is 5.91 Å². The Morgan fingerprint density at radius 3 is 2.70 bits per heavy atom. The van der Waals surface area contributed by atoms with Crippen molar-refractivity contribution in [2.75, 3.05) is 5.32 Å². The lowest BCUT2D eigenvalue weighted by Crippen LogP contribution is -2.19. The first-order valence-corrected chi connectivity index (χ1v) is 9.73. The van der Waals surface area contributed by atoms with Crippen molar-refractivity contribution in [2.24, 2.45) is 0 Å². The van der Waals surface area contributed by atoms with E-state index in [2.05, 4.69) is 10.4 Å². The number of amides is 1. The van der Waals surface area contributed by atoms with Crippen LogP contribution in [0.15, 0.2) is 42.5 Å². The highest BCUT2D eigenvalue weighted by atomic mass is 35.5. The summed E-state index contributed by atoms with van der Waals surface area (Å²) in [7, 11) is 0. The first kappa shape index (κ1) is 18.0. The minimum absolute atomic E-state index is 0.149. The van der Waals surface area contributed by atoms with Gasteiger partial charge < -0.3 is 5.32 Å². The smallest absolute Gasteiger partial charge is 0.230 e. The molecule has 2 aromatic carbocycles. The van der Waals surface area contributed by atoms with Gasteiger partial charge in [0.1, 0.15) is 17.5 Å². The fraction of sp³-hybridized carbons (Fsp3) is 0.158. The Hall–Kier alpha value is -2.38. The highest BCUT2D eigenvalue weighted by molar-refractivity contribution is 7.98. The number of nitrogens with zero attached hydrogens (tertiary/aromatic N) is 2. The monoisotopic (exact) mass is 405 g/mol. The molecule has 0 saturated heterocycles. The lowest BCUT2D eigenvalue weighted by molar-refractivity contribution is -0.115. The predicted octanol–water partition coefficient (Wildman–Crippen LogP) is 4.73. The van der Waals surface area contributed by atoms with Crippen molar-refractivity contribution in [3.63, 3.8) is 0 Å². The third-order valence-electron chi connectivity index (χ3n) is 4.28. The van der Waals surface area contributed by atoms with E-state index < -0.39 is 11.7 Å². The molecule has 1 aromatic heterocycles. The van der Waals surface area contributed by atoms with Crippen LogP contribution in [0, 0.1) is 11.6 Å². The minimum Gasteiger partial charge on any atom is -0.310 e. The number of hydrogen-bond donors (Lipinski definition) is 1. The van der Waals surface area contributed by atoms with Gasteiger partial charge in [0, 0.05) is 27.7 Å². The third kappa shape index (κ3) is 3.57. The highest BCUT2D eigenvalue weighted by Gasteiger charge is 2.25. The van der Waals surface area contributed by atoms with E-state index in [0.29, 0.717) is 17.3 Å². The lowest BCUT2D eigenvalue weighted by Gasteiger charge is -2.12. The molecule has 27 heavy (non-hydrogen) atoms. The molecule has 0 radical (unpaired) electrons. The van der Waals surface area contributed by atoms with E-state index in [9.17, 15) is 13.6 Å². The number of anilines is 1. The van der Waals surface area contributed by atoms with Gasteiger partial charge in [-0.3, -0.25) is 4.79 Å². The van der Waals surface area contributed by atoms with Gasteiger partial charge in [-0.1, -0.05) is 17.7 Å². The maximum atomic E-state index is 14.0. The summed E-state index contributed by atoms with van der Waals surface area (Å²) >= 11 is 7.71. The van der Waals surface area contributed by atoms with Crippen LogP contribution in [0.25, 0.3) is 5.69 Å². The van der Waals surface area contributed by atoms with Crippen molar-refractivity contribution in [3.8, 4) is 5.69 Å². The molecule has 0 saturated carbocycles. The van der Waals surface area contributed by atoms with Crippen molar-refractivity contribution in [1.82, 2.24) is 9.78 Å². The third-order valence-corrected chi connectivity index (χ3v) is 5.60. The van der Waals surface area contributed by atoms with Crippen molar-refractivity contribution in [1.29, 1.82) is 0 Å². The Morgan fingerprint density at radius 2 is 1.96 bits per heavy atom. The Bertz CT molecular complexity index is 1000. The van der Waals surface area contributed by atoms with E-state index >= 15 is 0 Å². The standard InChI is InChI=1S/C19H14ClF2N3OS/c20-15-2-1-3-16(22)13(15)8-18(26)23-19-14-9-27-10-17(14)24-25(19)12-6-4-11(21)5-7-12/h1-7H,8-10H2,(H,23,26). The minimum atomic E-state index is -0.523. The Morgan fingerprint density at radius 1 is 1.19 bits per heavy atom. The average molecular weight is 406 g/mol. The SMILES string of the molecule is O=C(Cc1c(F)cccc1Cl)Nc1c2c(nn1-c1ccc(F)cc1)CSC2. The number of thioether (sulfide) groups is 1. The highest BCUT2D eigenvalue weighted by Crippen LogP contribution is 2.36. The van der Waals surface area contributed by atoms with E-state index in [1.807, 2.05) is 0 Å². The van der Waals surface area contributed by atoms with Crippen LogP contribution in [0.5, 0.6) is 0 Å². The van der Waals surface area contributed by atoms with E-state index in [4.69, 9.17) is 11.6 Å². The summed E-state index contributed by atoms with van der Waals surface area (Å²) in [6.07, 6.45) is -0.192. The molecule has 0 unspecified atom stereocenters. The summed E-state index contributed by atoms with van der Waals surface area (Å²) in [5, 5.41) is 7.59. The summed E-state index contributed by atoms with van der Waals surface area (Å²) in [5.74, 6) is 0.710. The number of aromatic nitrogens is 2. The molecule has 1 aliphatic heterocycles. The molecule has 1 N–H and O–H groups in total. The number of carbonyl (C=O) groups excluding carboxylic acids is 1. The van der Waals surface area contributed by atoms with Gasteiger partial charge in [-0.15, -0.1) is 0 Å². The van der Waals surface area contributed by atoms with E-state index in [-0.39, 0.29) is 22.8 Å². The Labute approximate surface area is 163 Å². The molecule has 138 valence electrons. The summed E-state index contributed by atoms with van der Waals surface area (Å²) in [4.78, 5) is 12.6. The summed E-state index contributed by atoms with van der Waals surface area (Å²) in [5.41, 5.74) is 2.59. The predicted molar refractivity (Wildman–Crippen MR) is 102 cm³/mol. The molecule has 4 nitrogen and oxygen atoms in total. The van der Waals surface area contributed by atoms with Crippen LogP contribution in [-0.2, 0) is 22.7 Å². The molecule has 3 aromatic rings. The van der Waals surface area contributed by atoms with E-state index in [0.717, 1.165) is 17.0 Å². The van der Waals surface area contributed by atoms with Crippen LogP contribution in [-0.4, -0.2) is 15.7 Å². The molecular formula is C19H14ClF2N3OS. The van der Waals surface area contributed by atoms with Gasteiger partial charge in [0.15, 0.2) is 0 Å². The van der Waals surface area contributed by atoms with Crippen molar-refractivity contribution in [3.05, 3.63) is 75.9 Å². The van der Waals surface area contributed by atoms with Gasteiger partial charge in [-0.05, 0) is 36.4 Å². The molecule has 0 spiro atoms. The van der Waals surface area contributed by atoms with Crippen LogP contribution in [0.2, 0.25) is 5.02 Å². The number of fused-ring (bicyclic) bond motifs is 1. The molecule has 1 amide bonds. The zero-order valence-electron chi connectivity index (χ0n) is 14.0. The number of hydrogen-bond acceptors (Lipinski definition) is 3. The maximum Gasteiger partial charge on any atom is 0.230 e. The second-order valence-corrected chi connectivity index (χ2v) is 7.47. The molecule has 2 heterocycles. The molecule has 4 rings (SSSR count). The molecule has 8 heteroatoms. The topological polar surface area (TPSA) is 46.9 Å². The van der Waals surface area contributed by atoms with Gasteiger partial charge in [-0.25, -0.2) is 13.5 Å². The van der Waals surface area contributed by atoms with Gasteiger partial charge in [0.25, 0.3) is 0 Å². The summed E-state index contributed by atoms with van der Waals surface area (Å²) in [6.45, 7) is 0. The van der Waals surface area contributed by atoms with Gasteiger partial charge in [-0.2, -0.15) is 16.9 Å². The van der Waals surface area contributed by atoms with Crippen molar-refractivity contribution in [2.45, 2.75) is 17.9 Å². The van der Waals surface area contributed by atoms with Crippen LogP contribution < -0.4 is 5.32 Å². The van der Waals surface area contributed by atoms with E-state index in [1.165, 1.54) is 24.3 Å². The van der Waals surface area contributed by atoms with E-state index in [1.54, 1.807) is 34.6 Å². The fourth-order valence-corrected chi connectivity index (χ4v) is 4.21. The molecule has 1 aliphatic rings. The fourth-order valence-electron chi connectivity index (χ4n) is 2.95. The number of halogens is 3. The first-order chi connectivity index (χ1) is 13.0. The first-order valence-electron chi connectivity index (χ1n) is 8.20. The average Bonchev–Trinajstić information content (AvgIpc) is 3.22. The summed E-state index contributed by atoms with van der Waals surface area (Å²) < 4.78 is 28.8. The maximum absolute atomic E-state index is 14.0. The van der Waals surface area contributed by atoms with Crippen LogP contribution in [0.4, 0.5) is 14.6 Å². The number of rotatable bonds is 4. The molecule has 0 aliphatic carbocycles. The van der Waals surface area contributed by atoms with Gasteiger partial charge in [0.05, 0.1) is 17.8 Å². The van der Waals surface area contributed by atoms with Crippen LogP contribution in [0.3, 0.4) is 0 Å². The summed E-state index contributed by atoms with van der Waals surface area (Å²) in [6, 6.07) is 10.2. The van der Waals surface area contributed by atoms with Crippen molar-refractivity contribution < 1.29 is 13.6 Å². The van der Waals surface area contributed by atoms with Crippen LogP contribution >= 0.6 is 23.4 Å². The zero-order chi connectivity index (χ0) is 19.0. The largest absolute Gasteiger partial charge is 0.310 e. The second-order valence-electron chi connectivity index (χ2n) is 6.08. The lowest BCUT2D eigenvalue weighted by atomic mass is 10.1. The quantitative estimate of drug-likeness (QED) is 0.682. The zero-order valence-corrected chi connectivity index (χ0v) is 15.6. The Balaban J connectivity index is 1.65. The van der Waals surface area contributed by atoms with Crippen molar-refractivity contribution >= 4 is 35.1 Å². The number of carbonyl (C=O) groups is 1. The molecule has 0 bridgehead atoms. The normalized spacial score (nSPS) is 12.9. The van der Waals surface area contributed by atoms with Gasteiger partial charge >= 0.3 is 0 Å². The Kier molecular flexibility index (Phi) is 4.88. The second kappa shape index (κ2) is 7.32.